The summed E-state index contributed by atoms with van der Waals surface area (Å²) in [6.07, 6.45) is 5.95. The smallest absolute Gasteiger partial charge is 0.237 e. The van der Waals surface area contributed by atoms with Crippen LogP contribution in [0.2, 0.25) is 0 Å². The van der Waals surface area contributed by atoms with E-state index in [-0.39, 0.29) is 17.4 Å². The van der Waals surface area contributed by atoms with E-state index >= 15 is 0 Å². The van der Waals surface area contributed by atoms with E-state index in [9.17, 15) is 9.90 Å². The lowest BCUT2D eigenvalue weighted by Crippen LogP contribution is -2.51. The van der Waals surface area contributed by atoms with E-state index < -0.39 is 6.10 Å². The number of hydrogen-bond acceptors (Lipinski definition) is 6. The number of fused-ring (bicyclic) bond motifs is 2. The molecule has 4 heterocycles. The van der Waals surface area contributed by atoms with Gasteiger partial charge in [0, 0.05) is 49.9 Å². The van der Waals surface area contributed by atoms with Crippen LogP contribution in [0.1, 0.15) is 30.4 Å². The number of para-hydroxylation sites is 1. The van der Waals surface area contributed by atoms with E-state index in [1.165, 1.54) is 16.8 Å². The van der Waals surface area contributed by atoms with Crippen molar-refractivity contribution in [2.45, 2.75) is 55.5 Å². The van der Waals surface area contributed by atoms with E-state index in [0.717, 1.165) is 44.0 Å². The second-order valence-electron chi connectivity index (χ2n) is 11.0. The van der Waals surface area contributed by atoms with Gasteiger partial charge in [-0.25, -0.2) is 0 Å². The van der Waals surface area contributed by atoms with Crippen LogP contribution in [0.3, 0.4) is 0 Å². The second-order valence-corrected chi connectivity index (χ2v) is 11.0. The van der Waals surface area contributed by atoms with Crippen LogP contribution < -0.4 is 14.4 Å². The molecule has 2 bridgehead atoms. The highest BCUT2D eigenvalue weighted by molar-refractivity contribution is 5.80. The zero-order valence-corrected chi connectivity index (χ0v) is 20.7. The van der Waals surface area contributed by atoms with Crippen LogP contribution in [0.15, 0.2) is 54.6 Å². The molecule has 0 radical (unpaired) electrons. The lowest BCUT2D eigenvalue weighted by Gasteiger charge is -2.37. The topological polar surface area (TPSA) is 65.5 Å². The van der Waals surface area contributed by atoms with Gasteiger partial charge >= 0.3 is 0 Å². The first-order chi connectivity index (χ1) is 17.6. The van der Waals surface area contributed by atoms with E-state index in [2.05, 4.69) is 57.2 Å². The maximum absolute atomic E-state index is 13.5. The van der Waals surface area contributed by atoms with Crippen molar-refractivity contribution in [2.24, 2.45) is 0 Å². The maximum atomic E-state index is 13.5. The molecule has 1 N–H and O–H groups in total. The normalized spacial score (nSPS) is 32.2. The van der Waals surface area contributed by atoms with Crippen molar-refractivity contribution in [1.82, 2.24) is 9.80 Å². The number of nitrogens with zero attached hydrogens (tertiary/aromatic N) is 3. The summed E-state index contributed by atoms with van der Waals surface area (Å²) >= 11 is 0. The predicted molar refractivity (Wildman–Crippen MR) is 136 cm³/mol. The van der Waals surface area contributed by atoms with Crippen molar-refractivity contribution in [3.8, 4) is 11.5 Å². The van der Waals surface area contributed by atoms with Crippen LogP contribution >= 0.6 is 0 Å². The third-order valence-corrected chi connectivity index (χ3v) is 9.04. The third-order valence-electron chi connectivity index (χ3n) is 9.04. The molecule has 2 fully saturated rings. The van der Waals surface area contributed by atoms with Crippen LogP contribution in [0.4, 0.5) is 5.69 Å². The number of benzene rings is 2. The molecule has 188 valence electrons. The van der Waals surface area contributed by atoms with Crippen LogP contribution in [0.25, 0.3) is 0 Å². The minimum absolute atomic E-state index is 0.114. The molecule has 4 aliphatic heterocycles. The SMILES string of the molecule is COc1ccc2c3c1OC1CC(O)C=CC31CCN(CC(=O)N1CC3CC1CN3c1ccccc1)C2. The Labute approximate surface area is 211 Å². The lowest BCUT2D eigenvalue weighted by atomic mass is 9.69. The molecule has 7 heteroatoms. The standard InChI is InChI=1S/C29H33N3O4/c1-35-24-8-7-19-15-30(12-11-29-10-9-23(33)14-25(29)36-28(24)27(19)29)18-26(34)32-17-21-13-22(32)16-31(21)20-5-3-2-4-6-20/h2-10,21-23,25,33H,11-18H2,1H3. The molecule has 7 rings (SSSR count). The Morgan fingerprint density at radius 1 is 1.14 bits per heavy atom. The summed E-state index contributed by atoms with van der Waals surface area (Å²) in [6, 6.07) is 15.4. The Hall–Kier alpha value is -3.03. The molecule has 36 heavy (non-hydrogen) atoms. The minimum Gasteiger partial charge on any atom is -0.493 e. The molecule has 1 spiro atoms. The van der Waals surface area contributed by atoms with Gasteiger partial charge in [-0.15, -0.1) is 0 Å². The van der Waals surface area contributed by atoms with E-state index in [4.69, 9.17) is 9.47 Å². The monoisotopic (exact) mass is 487 g/mol. The molecular weight excluding hydrogens is 454 g/mol. The van der Waals surface area contributed by atoms with Crippen molar-refractivity contribution in [2.75, 3.05) is 38.2 Å². The van der Waals surface area contributed by atoms with Crippen LogP contribution in [-0.2, 0) is 16.8 Å². The number of carbonyl (C=O) groups is 1. The fraction of sp³-hybridized carbons (Fsp3) is 0.483. The van der Waals surface area contributed by atoms with Gasteiger partial charge in [0.15, 0.2) is 11.5 Å². The fourth-order valence-electron chi connectivity index (χ4n) is 7.32. The van der Waals surface area contributed by atoms with E-state index in [0.29, 0.717) is 31.6 Å². The molecule has 5 atom stereocenters. The molecule has 0 saturated carbocycles. The average molecular weight is 488 g/mol. The van der Waals surface area contributed by atoms with Crippen LogP contribution in [0, 0.1) is 0 Å². The highest BCUT2D eigenvalue weighted by atomic mass is 16.5. The Balaban J connectivity index is 1.10. The Kier molecular flexibility index (Phi) is 5.08. The molecule has 1 aliphatic carbocycles. The number of likely N-dealkylation sites (tertiary alicyclic amines) is 1. The van der Waals surface area contributed by atoms with Crippen molar-refractivity contribution < 1.29 is 19.4 Å². The highest BCUT2D eigenvalue weighted by Crippen LogP contribution is 2.55. The summed E-state index contributed by atoms with van der Waals surface area (Å²) in [5, 5.41) is 10.3. The van der Waals surface area contributed by atoms with Crippen molar-refractivity contribution in [3.63, 3.8) is 0 Å². The molecule has 5 aliphatic rings. The Morgan fingerprint density at radius 2 is 2.00 bits per heavy atom. The summed E-state index contributed by atoms with van der Waals surface area (Å²) in [6.45, 7) is 3.68. The molecule has 2 aromatic rings. The Bertz CT molecular complexity index is 1220. The van der Waals surface area contributed by atoms with Gasteiger partial charge in [0.25, 0.3) is 0 Å². The number of hydrogen-bond donors (Lipinski definition) is 1. The van der Waals surface area contributed by atoms with Crippen LogP contribution in [-0.4, -0.2) is 78.4 Å². The summed E-state index contributed by atoms with van der Waals surface area (Å²) in [5.41, 5.74) is 3.36. The van der Waals surface area contributed by atoms with Gasteiger partial charge < -0.3 is 24.4 Å². The average Bonchev–Trinajstić information content (AvgIpc) is 3.56. The number of aliphatic hydroxyl groups is 1. The molecule has 2 aromatic carbocycles. The Morgan fingerprint density at radius 3 is 2.78 bits per heavy atom. The number of carbonyl (C=O) groups excluding carboxylic acids is 1. The number of amides is 1. The molecular formula is C29H33N3O4. The summed E-state index contributed by atoms with van der Waals surface area (Å²) in [5.74, 6) is 1.79. The van der Waals surface area contributed by atoms with Crippen LogP contribution in [0.5, 0.6) is 11.5 Å². The van der Waals surface area contributed by atoms with Gasteiger partial charge in [-0.2, -0.15) is 0 Å². The minimum atomic E-state index is -0.494. The molecule has 2 saturated heterocycles. The van der Waals surface area contributed by atoms with Gasteiger partial charge in [-0.05, 0) is 36.6 Å². The van der Waals surface area contributed by atoms with Gasteiger partial charge in [0.2, 0.25) is 5.91 Å². The quantitative estimate of drug-likeness (QED) is 0.669. The maximum Gasteiger partial charge on any atom is 0.237 e. The zero-order chi connectivity index (χ0) is 24.4. The number of methoxy groups -OCH3 is 1. The third kappa shape index (κ3) is 3.29. The molecule has 1 amide bonds. The largest absolute Gasteiger partial charge is 0.493 e. The number of ether oxygens (including phenoxy) is 2. The van der Waals surface area contributed by atoms with Crippen molar-refractivity contribution in [3.05, 3.63) is 65.7 Å². The van der Waals surface area contributed by atoms with Gasteiger partial charge in [-0.3, -0.25) is 9.69 Å². The summed E-state index contributed by atoms with van der Waals surface area (Å²) in [4.78, 5) is 20.4. The number of aliphatic hydroxyl groups excluding tert-OH is 1. The second kappa shape index (κ2) is 8.25. The fourth-order valence-corrected chi connectivity index (χ4v) is 7.32. The number of piperazine rings is 1. The molecule has 0 aromatic heterocycles. The highest BCUT2D eigenvalue weighted by Gasteiger charge is 2.53. The van der Waals surface area contributed by atoms with Gasteiger partial charge in [-0.1, -0.05) is 36.4 Å². The van der Waals surface area contributed by atoms with Gasteiger partial charge in [0.1, 0.15) is 6.10 Å². The predicted octanol–water partition coefficient (Wildman–Crippen LogP) is 2.71. The van der Waals surface area contributed by atoms with E-state index in [1.54, 1.807) is 7.11 Å². The lowest BCUT2D eigenvalue weighted by molar-refractivity contribution is -0.133. The summed E-state index contributed by atoms with van der Waals surface area (Å²) in [7, 11) is 1.67. The van der Waals surface area contributed by atoms with Gasteiger partial charge in [0.05, 0.1) is 31.2 Å². The number of anilines is 1. The number of rotatable bonds is 4. The zero-order valence-electron chi connectivity index (χ0n) is 20.7. The first-order valence-corrected chi connectivity index (χ1v) is 13.1. The molecule has 7 nitrogen and oxygen atoms in total. The summed E-state index contributed by atoms with van der Waals surface area (Å²) < 4.78 is 12.1. The van der Waals surface area contributed by atoms with E-state index in [1.807, 2.05) is 12.1 Å². The molecule has 5 unspecified atom stereocenters. The van der Waals surface area contributed by atoms with Crippen molar-refractivity contribution in [1.29, 1.82) is 0 Å². The van der Waals surface area contributed by atoms with Crippen molar-refractivity contribution >= 4 is 11.6 Å². The first-order valence-electron chi connectivity index (χ1n) is 13.1. The first kappa shape index (κ1) is 22.2.